The first kappa shape index (κ1) is 20.3. The number of hydrogen-bond donors (Lipinski definition) is 0. The Balaban J connectivity index is 1.57. The zero-order valence-electron chi connectivity index (χ0n) is 15.2. The summed E-state index contributed by atoms with van der Waals surface area (Å²) in [5.74, 6) is -0.156. The average molecular weight is 417 g/mol. The lowest BCUT2D eigenvalue weighted by Crippen LogP contribution is -2.49. The van der Waals surface area contributed by atoms with Crippen molar-refractivity contribution in [3.05, 3.63) is 82.2 Å². The van der Waals surface area contributed by atoms with Crippen LogP contribution < -0.4 is 0 Å². The minimum absolute atomic E-state index is 0.156. The summed E-state index contributed by atoms with van der Waals surface area (Å²) in [4.78, 5) is 14.0. The smallest absolute Gasteiger partial charge is 0.246 e. The van der Waals surface area contributed by atoms with E-state index in [0.29, 0.717) is 18.1 Å². The third kappa shape index (κ3) is 5.32. The molecule has 0 bridgehead atoms. The van der Waals surface area contributed by atoms with Gasteiger partial charge in [0.15, 0.2) is 0 Å². The third-order valence-electron chi connectivity index (χ3n) is 4.45. The van der Waals surface area contributed by atoms with Gasteiger partial charge in [-0.1, -0.05) is 60.1 Å². The van der Waals surface area contributed by atoms with Gasteiger partial charge in [-0.3, -0.25) is 4.79 Å². The topological polar surface area (TPSA) is 57.7 Å². The summed E-state index contributed by atoms with van der Waals surface area (Å²) in [6.45, 7) is 1.24. The van der Waals surface area contributed by atoms with Gasteiger partial charge in [-0.15, -0.1) is 0 Å². The molecule has 5 nitrogen and oxygen atoms in total. The molecule has 28 heavy (non-hydrogen) atoms. The van der Waals surface area contributed by atoms with Crippen molar-refractivity contribution in [3.63, 3.8) is 0 Å². The van der Waals surface area contributed by atoms with Crippen molar-refractivity contribution >= 4 is 39.7 Å². The summed E-state index contributed by atoms with van der Waals surface area (Å²) in [6, 6.07) is 16.5. The lowest BCUT2D eigenvalue weighted by Gasteiger charge is -2.32. The van der Waals surface area contributed by atoms with Crippen LogP contribution in [0.25, 0.3) is 12.2 Å². The fourth-order valence-corrected chi connectivity index (χ4v) is 4.23. The average Bonchev–Trinajstić information content (AvgIpc) is 2.72. The molecule has 0 aromatic heterocycles. The summed E-state index contributed by atoms with van der Waals surface area (Å²) in [6.07, 6.45) is 4.73. The Bertz CT molecular complexity index is 980. The molecular weight excluding hydrogens is 396 g/mol. The van der Waals surface area contributed by atoms with E-state index in [-0.39, 0.29) is 19.0 Å². The molecule has 3 rings (SSSR count). The molecule has 0 spiro atoms. The molecule has 1 aliphatic rings. The Morgan fingerprint density at radius 2 is 1.54 bits per heavy atom. The Kier molecular flexibility index (Phi) is 6.67. The summed E-state index contributed by atoms with van der Waals surface area (Å²) >= 11 is 6.08. The van der Waals surface area contributed by atoms with Crippen molar-refractivity contribution in [1.82, 2.24) is 9.21 Å². The van der Waals surface area contributed by atoms with Crippen LogP contribution in [0.2, 0.25) is 5.02 Å². The number of hydrogen-bond acceptors (Lipinski definition) is 3. The number of piperazine rings is 1. The lowest BCUT2D eigenvalue weighted by molar-refractivity contribution is -0.127. The number of sulfonamides is 1. The second-order valence-electron chi connectivity index (χ2n) is 6.34. The first-order valence-corrected chi connectivity index (χ1v) is 10.8. The molecule has 2 aromatic rings. The van der Waals surface area contributed by atoms with E-state index in [2.05, 4.69) is 0 Å². The number of carbonyl (C=O) groups excluding carboxylic acids is 1. The van der Waals surface area contributed by atoms with E-state index in [1.165, 1.54) is 15.8 Å². The van der Waals surface area contributed by atoms with Crippen molar-refractivity contribution in [1.29, 1.82) is 0 Å². The molecule has 146 valence electrons. The predicted octanol–water partition coefficient (Wildman–Crippen LogP) is 3.50. The molecule has 0 atom stereocenters. The zero-order chi connectivity index (χ0) is 20.0. The van der Waals surface area contributed by atoms with E-state index in [4.69, 9.17) is 11.6 Å². The van der Waals surface area contributed by atoms with Gasteiger partial charge in [-0.05, 0) is 29.3 Å². The molecule has 1 aliphatic heterocycles. The Morgan fingerprint density at radius 3 is 2.21 bits per heavy atom. The van der Waals surface area contributed by atoms with Crippen molar-refractivity contribution in [3.8, 4) is 0 Å². The fraction of sp³-hybridized carbons (Fsp3) is 0.190. The Labute approximate surface area is 170 Å². The van der Waals surface area contributed by atoms with E-state index < -0.39 is 10.0 Å². The molecule has 7 heteroatoms. The van der Waals surface area contributed by atoms with Crippen LogP contribution in [0.5, 0.6) is 0 Å². The van der Waals surface area contributed by atoms with Gasteiger partial charge in [0.1, 0.15) is 0 Å². The van der Waals surface area contributed by atoms with Crippen LogP contribution in [0.3, 0.4) is 0 Å². The monoisotopic (exact) mass is 416 g/mol. The number of benzene rings is 2. The number of rotatable bonds is 5. The molecule has 2 aromatic carbocycles. The first-order valence-electron chi connectivity index (χ1n) is 8.90. The fourth-order valence-electron chi connectivity index (χ4n) is 2.85. The first-order chi connectivity index (χ1) is 13.5. The van der Waals surface area contributed by atoms with Crippen LogP contribution in [0, 0.1) is 0 Å². The van der Waals surface area contributed by atoms with Crippen molar-refractivity contribution in [2.45, 2.75) is 0 Å². The quantitative estimate of drug-likeness (QED) is 0.701. The molecule has 1 saturated heterocycles. The normalized spacial score (nSPS) is 16.1. The van der Waals surface area contributed by atoms with Gasteiger partial charge in [0, 0.05) is 42.7 Å². The SMILES string of the molecule is O=C(/C=C/c1ccccc1Cl)N1CCN(S(=O)(=O)/C=C/c2ccccc2)CC1. The van der Waals surface area contributed by atoms with E-state index >= 15 is 0 Å². The largest absolute Gasteiger partial charge is 0.337 e. The molecule has 1 amide bonds. The minimum atomic E-state index is -3.51. The molecule has 0 N–H and O–H groups in total. The van der Waals surface area contributed by atoms with E-state index in [1.807, 2.05) is 48.5 Å². The number of halogens is 1. The van der Waals surface area contributed by atoms with Crippen molar-refractivity contribution < 1.29 is 13.2 Å². The van der Waals surface area contributed by atoms with Gasteiger partial charge in [0.25, 0.3) is 0 Å². The van der Waals surface area contributed by atoms with Crippen LogP contribution in [0.15, 0.2) is 66.1 Å². The highest BCUT2D eigenvalue weighted by atomic mass is 35.5. The summed E-state index contributed by atoms with van der Waals surface area (Å²) in [5.41, 5.74) is 1.59. The summed E-state index contributed by atoms with van der Waals surface area (Å²) in [7, 11) is -3.51. The highest BCUT2D eigenvalue weighted by molar-refractivity contribution is 7.92. The highest BCUT2D eigenvalue weighted by Gasteiger charge is 2.26. The second-order valence-corrected chi connectivity index (χ2v) is 8.56. The molecule has 0 aliphatic carbocycles. The third-order valence-corrected chi connectivity index (χ3v) is 6.36. The van der Waals surface area contributed by atoms with Gasteiger partial charge >= 0.3 is 0 Å². The molecule has 0 saturated carbocycles. The molecule has 1 heterocycles. The van der Waals surface area contributed by atoms with Crippen LogP contribution in [0.1, 0.15) is 11.1 Å². The lowest BCUT2D eigenvalue weighted by atomic mass is 10.2. The minimum Gasteiger partial charge on any atom is -0.337 e. The molecule has 0 unspecified atom stereocenters. The number of nitrogens with zero attached hydrogens (tertiary/aromatic N) is 2. The highest BCUT2D eigenvalue weighted by Crippen LogP contribution is 2.17. The van der Waals surface area contributed by atoms with E-state index in [1.54, 1.807) is 23.1 Å². The van der Waals surface area contributed by atoms with Crippen LogP contribution >= 0.6 is 11.6 Å². The Morgan fingerprint density at radius 1 is 0.893 bits per heavy atom. The van der Waals surface area contributed by atoms with Gasteiger partial charge in [0.2, 0.25) is 15.9 Å². The van der Waals surface area contributed by atoms with Gasteiger partial charge in [-0.25, -0.2) is 8.42 Å². The van der Waals surface area contributed by atoms with Gasteiger partial charge in [-0.2, -0.15) is 4.31 Å². The van der Waals surface area contributed by atoms with E-state index in [0.717, 1.165) is 11.1 Å². The van der Waals surface area contributed by atoms with Crippen molar-refractivity contribution in [2.75, 3.05) is 26.2 Å². The summed E-state index contributed by atoms with van der Waals surface area (Å²) in [5, 5.41) is 1.80. The number of amides is 1. The molecule has 0 radical (unpaired) electrons. The van der Waals surface area contributed by atoms with Crippen LogP contribution in [-0.4, -0.2) is 49.7 Å². The number of carbonyl (C=O) groups is 1. The Hall–Kier alpha value is -2.41. The maximum Gasteiger partial charge on any atom is 0.246 e. The van der Waals surface area contributed by atoms with Crippen LogP contribution in [-0.2, 0) is 14.8 Å². The molecular formula is C21H21ClN2O3S. The summed E-state index contributed by atoms with van der Waals surface area (Å²) < 4.78 is 26.4. The van der Waals surface area contributed by atoms with E-state index in [9.17, 15) is 13.2 Å². The second kappa shape index (κ2) is 9.19. The standard InChI is InChI=1S/C21H21ClN2O3S/c22-20-9-5-4-8-19(20)10-11-21(25)23-13-15-24(16-14-23)28(26,27)17-12-18-6-2-1-3-7-18/h1-12,17H,13-16H2/b11-10+,17-12+. The van der Waals surface area contributed by atoms with Crippen LogP contribution in [0.4, 0.5) is 0 Å². The van der Waals surface area contributed by atoms with Gasteiger partial charge in [0.05, 0.1) is 0 Å². The predicted molar refractivity (Wildman–Crippen MR) is 113 cm³/mol. The maximum atomic E-state index is 12.5. The maximum absolute atomic E-state index is 12.5. The molecule has 1 fully saturated rings. The zero-order valence-corrected chi connectivity index (χ0v) is 16.8. The van der Waals surface area contributed by atoms with Crippen molar-refractivity contribution in [2.24, 2.45) is 0 Å². The van der Waals surface area contributed by atoms with Gasteiger partial charge < -0.3 is 4.90 Å².